The summed E-state index contributed by atoms with van der Waals surface area (Å²) < 4.78 is 7.22. The molecule has 0 aliphatic carbocycles. The van der Waals surface area contributed by atoms with Crippen molar-refractivity contribution in [3.05, 3.63) is 76.6 Å². The van der Waals surface area contributed by atoms with Crippen LogP contribution in [-0.4, -0.2) is 56.7 Å². The molecule has 8 heteroatoms. The summed E-state index contributed by atoms with van der Waals surface area (Å²) in [6.07, 6.45) is 1.61. The number of carbonyl (C=O) groups excluding carboxylic acids is 1. The van der Waals surface area contributed by atoms with Crippen molar-refractivity contribution >= 4 is 17.2 Å². The fraction of sp³-hybridized carbons (Fsp3) is 0.261. The van der Waals surface area contributed by atoms with Gasteiger partial charge < -0.3 is 9.32 Å². The van der Waals surface area contributed by atoms with E-state index in [4.69, 9.17) is 4.42 Å². The highest BCUT2D eigenvalue weighted by Crippen LogP contribution is 2.23. The van der Waals surface area contributed by atoms with Crippen LogP contribution in [0.25, 0.3) is 17.1 Å². The van der Waals surface area contributed by atoms with Gasteiger partial charge in [0.2, 0.25) is 0 Å². The van der Waals surface area contributed by atoms with E-state index in [2.05, 4.69) is 20.4 Å². The third-order valence-electron chi connectivity index (χ3n) is 5.41. The molecule has 4 aromatic rings. The van der Waals surface area contributed by atoms with Gasteiger partial charge in [0.1, 0.15) is 11.4 Å². The molecule has 1 aromatic carbocycles. The molecular weight excluding hydrogens is 410 g/mol. The fourth-order valence-electron chi connectivity index (χ4n) is 3.83. The predicted molar refractivity (Wildman–Crippen MR) is 119 cm³/mol. The minimum Gasteiger partial charge on any atom is -0.463 e. The molecule has 1 saturated heterocycles. The number of furan rings is 1. The Labute approximate surface area is 184 Å². The van der Waals surface area contributed by atoms with E-state index >= 15 is 0 Å². The first-order chi connectivity index (χ1) is 15.2. The number of hydrogen-bond donors (Lipinski definition) is 0. The van der Waals surface area contributed by atoms with E-state index in [1.807, 2.05) is 60.4 Å². The van der Waals surface area contributed by atoms with Crippen LogP contribution in [0.1, 0.15) is 21.2 Å². The molecule has 5 rings (SSSR count). The first kappa shape index (κ1) is 19.7. The number of rotatable bonds is 5. The van der Waals surface area contributed by atoms with Crippen LogP contribution in [0.5, 0.6) is 0 Å². The second-order valence-corrected chi connectivity index (χ2v) is 8.63. The Kier molecular flexibility index (Phi) is 5.40. The van der Waals surface area contributed by atoms with E-state index in [1.165, 1.54) is 0 Å². The Bertz CT molecular complexity index is 1160. The second-order valence-electron chi connectivity index (χ2n) is 7.57. The zero-order chi connectivity index (χ0) is 21.2. The normalized spacial score (nSPS) is 14.8. The van der Waals surface area contributed by atoms with E-state index in [9.17, 15) is 4.79 Å². The highest BCUT2D eigenvalue weighted by atomic mass is 32.1. The molecule has 1 amide bonds. The van der Waals surface area contributed by atoms with Gasteiger partial charge in [-0.2, -0.15) is 5.10 Å². The number of amides is 1. The molecule has 158 valence electrons. The van der Waals surface area contributed by atoms with Crippen molar-refractivity contribution in [2.45, 2.75) is 13.5 Å². The Morgan fingerprint density at radius 2 is 1.90 bits per heavy atom. The summed E-state index contributed by atoms with van der Waals surface area (Å²) >= 11 is 1.68. The lowest BCUT2D eigenvalue weighted by molar-refractivity contribution is 0.0618. The summed E-state index contributed by atoms with van der Waals surface area (Å²) in [6, 6.07) is 15.2. The molecule has 0 spiro atoms. The van der Waals surface area contributed by atoms with Gasteiger partial charge in [-0.25, -0.2) is 9.67 Å². The van der Waals surface area contributed by atoms with Crippen molar-refractivity contribution < 1.29 is 9.21 Å². The van der Waals surface area contributed by atoms with E-state index < -0.39 is 0 Å². The molecule has 1 aliphatic heterocycles. The maximum Gasteiger partial charge on any atom is 0.272 e. The lowest BCUT2D eigenvalue weighted by Crippen LogP contribution is -2.48. The summed E-state index contributed by atoms with van der Waals surface area (Å²) in [5.41, 5.74) is 3.14. The molecule has 1 aliphatic rings. The molecule has 0 atom stereocenters. The summed E-state index contributed by atoms with van der Waals surface area (Å²) in [5.74, 6) is 0.630. The van der Waals surface area contributed by atoms with Gasteiger partial charge >= 0.3 is 0 Å². The number of piperazine rings is 1. The minimum atomic E-state index is -0.0155. The Hall–Kier alpha value is -3.23. The van der Waals surface area contributed by atoms with Crippen LogP contribution >= 0.6 is 11.3 Å². The highest BCUT2D eigenvalue weighted by molar-refractivity contribution is 7.09. The van der Waals surface area contributed by atoms with Crippen molar-refractivity contribution in [3.8, 4) is 17.1 Å². The minimum absolute atomic E-state index is 0.0155. The summed E-state index contributed by atoms with van der Waals surface area (Å²) in [4.78, 5) is 22.3. The second kappa shape index (κ2) is 8.49. The molecule has 3 aromatic heterocycles. The van der Waals surface area contributed by atoms with Gasteiger partial charge in [-0.15, -0.1) is 11.3 Å². The molecule has 0 radical (unpaired) electrons. The third-order valence-corrected chi connectivity index (χ3v) is 6.24. The van der Waals surface area contributed by atoms with Crippen LogP contribution in [0.4, 0.5) is 0 Å². The van der Waals surface area contributed by atoms with Crippen LogP contribution < -0.4 is 0 Å². The number of aryl methyl sites for hydroxylation is 1. The Morgan fingerprint density at radius 1 is 1.10 bits per heavy atom. The summed E-state index contributed by atoms with van der Waals surface area (Å²) in [6.45, 7) is 5.87. The smallest absolute Gasteiger partial charge is 0.272 e. The topological polar surface area (TPSA) is 67.4 Å². The largest absolute Gasteiger partial charge is 0.463 e. The number of thiazole rings is 1. The first-order valence-corrected chi connectivity index (χ1v) is 11.2. The van der Waals surface area contributed by atoms with Crippen molar-refractivity contribution in [2.24, 2.45) is 0 Å². The molecule has 0 N–H and O–H groups in total. The van der Waals surface area contributed by atoms with Gasteiger partial charge in [-0.3, -0.25) is 9.69 Å². The van der Waals surface area contributed by atoms with Crippen molar-refractivity contribution in [1.29, 1.82) is 0 Å². The molecular formula is C23H23N5O2S. The maximum atomic E-state index is 13.5. The van der Waals surface area contributed by atoms with Crippen LogP contribution in [-0.2, 0) is 6.54 Å². The van der Waals surface area contributed by atoms with Gasteiger partial charge in [-0.1, -0.05) is 18.2 Å². The van der Waals surface area contributed by atoms with Gasteiger partial charge in [-0.05, 0) is 31.2 Å². The van der Waals surface area contributed by atoms with E-state index in [0.29, 0.717) is 30.2 Å². The number of aromatic nitrogens is 3. The summed E-state index contributed by atoms with van der Waals surface area (Å²) in [5, 5.41) is 7.87. The zero-order valence-electron chi connectivity index (χ0n) is 17.3. The van der Waals surface area contributed by atoms with E-state index in [-0.39, 0.29) is 5.91 Å². The third kappa shape index (κ3) is 4.17. The predicted octanol–water partition coefficient (Wildman–Crippen LogP) is 3.86. The maximum absolute atomic E-state index is 13.5. The molecule has 4 heterocycles. The highest BCUT2D eigenvalue weighted by Gasteiger charge is 2.27. The number of hydrogen-bond acceptors (Lipinski definition) is 6. The zero-order valence-corrected chi connectivity index (χ0v) is 18.1. The van der Waals surface area contributed by atoms with Gasteiger partial charge in [0, 0.05) is 44.2 Å². The fourth-order valence-corrected chi connectivity index (χ4v) is 4.43. The number of carbonyl (C=O) groups is 1. The molecule has 0 unspecified atom stereocenters. The van der Waals surface area contributed by atoms with Gasteiger partial charge in [0.25, 0.3) is 5.91 Å². The summed E-state index contributed by atoms with van der Waals surface area (Å²) in [7, 11) is 0. The van der Waals surface area contributed by atoms with E-state index in [0.717, 1.165) is 36.0 Å². The quantitative estimate of drug-likeness (QED) is 0.478. The van der Waals surface area contributed by atoms with Crippen LogP contribution in [0.2, 0.25) is 0 Å². The van der Waals surface area contributed by atoms with Gasteiger partial charge in [0.15, 0.2) is 5.76 Å². The van der Waals surface area contributed by atoms with Crippen LogP contribution in [0.15, 0.2) is 64.6 Å². The average Bonchev–Trinajstić information content (AvgIpc) is 3.55. The molecule has 1 fully saturated rings. The number of para-hydroxylation sites is 1. The first-order valence-electron chi connectivity index (χ1n) is 10.3. The lowest BCUT2D eigenvalue weighted by atomic mass is 10.2. The lowest BCUT2D eigenvalue weighted by Gasteiger charge is -2.34. The Morgan fingerprint density at radius 3 is 2.58 bits per heavy atom. The number of nitrogens with zero attached hydrogens (tertiary/aromatic N) is 5. The number of benzene rings is 1. The molecule has 0 bridgehead atoms. The van der Waals surface area contributed by atoms with Crippen molar-refractivity contribution in [3.63, 3.8) is 0 Å². The van der Waals surface area contributed by atoms with Crippen LogP contribution in [0.3, 0.4) is 0 Å². The Balaban J connectivity index is 1.35. The van der Waals surface area contributed by atoms with Gasteiger partial charge in [0.05, 0.1) is 22.7 Å². The molecule has 7 nitrogen and oxygen atoms in total. The van der Waals surface area contributed by atoms with Crippen molar-refractivity contribution in [2.75, 3.05) is 26.2 Å². The van der Waals surface area contributed by atoms with Crippen molar-refractivity contribution in [1.82, 2.24) is 24.6 Å². The standard InChI is InChI=1S/C23H23N5O2S/c1-17-24-18(16-31-17)15-26-9-11-27(12-10-26)23(29)21-14-20(22-8-5-13-30-22)25-28(21)19-6-3-2-4-7-19/h2-8,13-14,16H,9-12,15H2,1H3. The van der Waals surface area contributed by atoms with E-state index in [1.54, 1.807) is 22.3 Å². The SMILES string of the molecule is Cc1nc(CN2CCN(C(=O)c3cc(-c4ccco4)nn3-c3ccccc3)CC2)cs1. The monoisotopic (exact) mass is 433 g/mol. The molecule has 31 heavy (non-hydrogen) atoms. The average molecular weight is 434 g/mol. The van der Waals surface area contributed by atoms with Crippen LogP contribution in [0, 0.1) is 6.92 Å². The molecule has 0 saturated carbocycles.